The van der Waals surface area contributed by atoms with Crippen LogP contribution in [0.5, 0.6) is 0 Å². The average molecular weight is 360 g/mol. The summed E-state index contributed by atoms with van der Waals surface area (Å²) < 4.78 is 12.8. The molecule has 0 aliphatic heterocycles. The molecule has 3 rings (SSSR count). The highest BCUT2D eigenvalue weighted by Crippen LogP contribution is 2.31. The van der Waals surface area contributed by atoms with E-state index in [2.05, 4.69) is 15.5 Å². The van der Waals surface area contributed by atoms with E-state index >= 15 is 0 Å². The van der Waals surface area contributed by atoms with Crippen molar-refractivity contribution in [3.8, 4) is 10.6 Å². The lowest BCUT2D eigenvalue weighted by atomic mass is 10.2. The maximum absolute atomic E-state index is 12.8. The van der Waals surface area contributed by atoms with E-state index in [1.54, 1.807) is 24.3 Å². The van der Waals surface area contributed by atoms with Gasteiger partial charge in [-0.1, -0.05) is 53.3 Å². The van der Waals surface area contributed by atoms with Crippen LogP contribution < -0.4 is 5.32 Å². The van der Waals surface area contributed by atoms with E-state index in [0.717, 1.165) is 11.1 Å². The van der Waals surface area contributed by atoms with Gasteiger partial charge in [-0.2, -0.15) is 0 Å². The largest absolute Gasteiger partial charge is 0.297 e. The van der Waals surface area contributed by atoms with Crippen molar-refractivity contribution in [2.45, 2.75) is 0 Å². The Morgan fingerprint density at radius 2 is 1.88 bits per heavy atom. The third kappa shape index (κ3) is 4.04. The number of aromatic nitrogens is 2. The second-order valence-electron chi connectivity index (χ2n) is 4.77. The molecule has 0 unspecified atom stereocenters. The highest BCUT2D eigenvalue weighted by Gasteiger charge is 2.10. The fourth-order valence-electron chi connectivity index (χ4n) is 1.91. The first-order valence-corrected chi connectivity index (χ1v) is 8.14. The summed E-state index contributed by atoms with van der Waals surface area (Å²) in [5.41, 5.74) is 1.49. The number of carbonyl (C=O) groups excluding carboxylic acids is 1. The number of anilines is 1. The first-order chi connectivity index (χ1) is 11.6. The molecule has 0 bridgehead atoms. The number of nitrogens with one attached hydrogen (secondary N) is 1. The van der Waals surface area contributed by atoms with Crippen LogP contribution in [-0.4, -0.2) is 16.1 Å². The van der Waals surface area contributed by atoms with Crippen molar-refractivity contribution in [2.75, 3.05) is 5.32 Å². The summed E-state index contributed by atoms with van der Waals surface area (Å²) in [4.78, 5) is 11.9. The Hall–Kier alpha value is -2.57. The van der Waals surface area contributed by atoms with E-state index in [4.69, 9.17) is 11.6 Å². The SMILES string of the molecule is O=C(C=Cc1ccc(F)cc1)Nc1nnc(-c2ccccc2Cl)s1. The van der Waals surface area contributed by atoms with Gasteiger partial charge in [0, 0.05) is 11.6 Å². The molecule has 7 heteroatoms. The van der Waals surface area contributed by atoms with Crippen LogP contribution in [0.25, 0.3) is 16.6 Å². The molecule has 0 fully saturated rings. The van der Waals surface area contributed by atoms with Gasteiger partial charge in [0.2, 0.25) is 11.0 Å². The van der Waals surface area contributed by atoms with Crippen molar-refractivity contribution in [1.82, 2.24) is 10.2 Å². The van der Waals surface area contributed by atoms with Crippen LogP contribution in [-0.2, 0) is 4.79 Å². The molecular weight excluding hydrogens is 349 g/mol. The van der Waals surface area contributed by atoms with Gasteiger partial charge in [-0.15, -0.1) is 10.2 Å². The van der Waals surface area contributed by atoms with Crippen LogP contribution in [0.3, 0.4) is 0 Å². The number of benzene rings is 2. The predicted molar refractivity (Wildman–Crippen MR) is 94.4 cm³/mol. The Morgan fingerprint density at radius 1 is 1.12 bits per heavy atom. The zero-order valence-electron chi connectivity index (χ0n) is 12.2. The number of amides is 1. The van der Waals surface area contributed by atoms with Crippen molar-refractivity contribution in [3.05, 3.63) is 71.0 Å². The standard InChI is InChI=1S/C17H11ClFN3OS/c18-14-4-2-1-3-13(14)16-21-22-17(24-16)20-15(23)10-7-11-5-8-12(19)9-6-11/h1-10H,(H,20,22,23). The van der Waals surface area contributed by atoms with Crippen LogP contribution in [0.4, 0.5) is 9.52 Å². The lowest BCUT2D eigenvalue weighted by Gasteiger charge is -1.97. The molecule has 0 atom stereocenters. The first-order valence-electron chi connectivity index (χ1n) is 6.95. The smallest absolute Gasteiger partial charge is 0.250 e. The van der Waals surface area contributed by atoms with Gasteiger partial charge in [0.1, 0.15) is 5.82 Å². The molecule has 120 valence electrons. The quantitative estimate of drug-likeness (QED) is 0.690. The van der Waals surface area contributed by atoms with E-state index in [0.29, 0.717) is 15.2 Å². The summed E-state index contributed by atoms with van der Waals surface area (Å²) in [7, 11) is 0. The van der Waals surface area contributed by atoms with Crippen LogP contribution in [0.1, 0.15) is 5.56 Å². The van der Waals surface area contributed by atoms with Crippen molar-refractivity contribution in [3.63, 3.8) is 0 Å². The molecule has 4 nitrogen and oxygen atoms in total. The maximum Gasteiger partial charge on any atom is 0.250 e. The van der Waals surface area contributed by atoms with E-state index in [-0.39, 0.29) is 11.7 Å². The second-order valence-corrected chi connectivity index (χ2v) is 6.15. The Labute approximate surface area is 146 Å². The van der Waals surface area contributed by atoms with Gasteiger partial charge in [0.15, 0.2) is 5.01 Å². The minimum atomic E-state index is -0.346. The Bertz CT molecular complexity index is 893. The van der Waals surface area contributed by atoms with Crippen LogP contribution in [0.15, 0.2) is 54.6 Å². The van der Waals surface area contributed by atoms with Crippen molar-refractivity contribution in [1.29, 1.82) is 0 Å². The summed E-state index contributed by atoms with van der Waals surface area (Å²) >= 11 is 7.35. The third-order valence-corrected chi connectivity index (χ3v) is 4.26. The summed E-state index contributed by atoms with van der Waals surface area (Å²) in [5.74, 6) is -0.668. The Balaban J connectivity index is 1.67. The fraction of sp³-hybridized carbons (Fsp3) is 0. The van der Waals surface area contributed by atoms with E-state index < -0.39 is 0 Å². The summed E-state index contributed by atoms with van der Waals surface area (Å²) in [6, 6.07) is 13.1. The van der Waals surface area contributed by atoms with Crippen molar-refractivity contribution >= 4 is 40.1 Å². The molecule has 1 amide bonds. The minimum Gasteiger partial charge on any atom is -0.297 e. The van der Waals surface area contributed by atoms with Gasteiger partial charge < -0.3 is 0 Å². The minimum absolute atomic E-state index is 0.322. The number of halogens is 2. The molecular formula is C17H11ClFN3OS. The van der Waals surface area contributed by atoms with Gasteiger partial charge in [-0.25, -0.2) is 4.39 Å². The average Bonchev–Trinajstić information content (AvgIpc) is 3.03. The van der Waals surface area contributed by atoms with E-state index in [1.165, 1.54) is 29.5 Å². The molecule has 0 spiro atoms. The number of hydrogen-bond donors (Lipinski definition) is 1. The topological polar surface area (TPSA) is 54.9 Å². The van der Waals surface area contributed by atoms with Crippen molar-refractivity contribution in [2.24, 2.45) is 0 Å². The normalized spacial score (nSPS) is 10.9. The molecule has 24 heavy (non-hydrogen) atoms. The summed E-state index contributed by atoms with van der Waals surface area (Å²) in [6.07, 6.45) is 2.94. The van der Waals surface area contributed by atoms with Gasteiger partial charge in [-0.05, 0) is 29.8 Å². The van der Waals surface area contributed by atoms with Gasteiger partial charge >= 0.3 is 0 Å². The van der Waals surface area contributed by atoms with E-state index in [9.17, 15) is 9.18 Å². The highest BCUT2D eigenvalue weighted by molar-refractivity contribution is 7.18. The van der Waals surface area contributed by atoms with E-state index in [1.807, 2.05) is 18.2 Å². The molecule has 1 N–H and O–H groups in total. The molecule has 1 heterocycles. The molecule has 0 saturated heterocycles. The van der Waals surface area contributed by atoms with Gasteiger partial charge in [0.25, 0.3) is 0 Å². The molecule has 0 aliphatic rings. The Kier molecular flexibility index (Phi) is 4.98. The van der Waals surface area contributed by atoms with Crippen LogP contribution >= 0.6 is 22.9 Å². The number of nitrogens with zero attached hydrogens (tertiary/aromatic N) is 2. The fourth-order valence-corrected chi connectivity index (χ4v) is 2.98. The Morgan fingerprint density at radius 3 is 2.62 bits per heavy atom. The summed E-state index contributed by atoms with van der Waals surface area (Å²) in [5, 5.41) is 12.2. The predicted octanol–water partition coefficient (Wildman–Crippen LogP) is 4.65. The molecule has 3 aromatic rings. The summed E-state index contributed by atoms with van der Waals surface area (Å²) in [6.45, 7) is 0. The number of rotatable bonds is 4. The molecule has 0 saturated carbocycles. The van der Waals surface area contributed by atoms with Gasteiger partial charge in [-0.3, -0.25) is 10.1 Å². The van der Waals surface area contributed by atoms with Gasteiger partial charge in [0.05, 0.1) is 5.02 Å². The molecule has 1 aromatic heterocycles. The molecule has 0 aliphatic carbocycles. The second kappa shape index (κ2) is 7.33. The maximum atomic E-state index is 12.8. The first kappa shape index (κ1) is 16.3. The zero-order valence-corrected chi connectivity index (χ0v) is 13.8. The highest BCUT2D eigenvalue weighted by atomic mass is 35.5. The van der Waals surface area contributed by atoms with Crippen molar-refractivity contribution < 1.29 is 9.18 Å². The third-order valence-electron chi connectivity index (χ3n) is 3.06. The zero-order chi connectivity index (χ0) is 16.9. The molecule has 0 radical (unpaired) electrons. The van der Waals surface area contributed by atoms with Crippen LogP contribution in [0, 0.1) is 5.82 Å². The lowest BCUT2D eigenvalue weighted by molar-refractivity contribution is -0.111. The molecule has 2 aromatic carbocycles. The lowest BCUT2D eigenvalue weighted by Crippen LogP contribution is -2.07. The number of carbonyl (C=O) groups is 1. The number of hydrogen-bond acceptors (Lipinski definition) is 4. The monoisotopic (exact) mass is 359 g/mol. The van der Waals surface area contributed by atoms with Crippen LogP contribution in [0.2, 0.25) is 5.02 Å².